The molecule has 0 unspecified atom stereocenters. The van der Waals surface area contributed by atoms with Crippen LogP contribution >= 0.6 is 0 Å². The van der Waals surface area contributed by atoms with E-state index in [0.29, 0.717) is 0 Å². The van der Waals surface area contributed by atoms with E-state index >= 15 is 0 Å². The summed E-state index contributed by atoms with van der Waals surface area (Å²) in [4.78, 5) is 9.41. The lowest BCUT2D eigenvalue weighted by molar-refractivity contribution is 0.247. The molecule has 0 atom stereocenters. The molecule has 1 aliphatic carbocycles. The van der Waals surface area contributed by atoms with E-state index in [9.17, 15) is 0 Å². The molecule has 0 amide bonds. The Morgan fingerprint density at radius 2 is 1.94 bits per heavy atom. The maximum Gasteiger partial charge on any atom is 0.128 e. The zero-order valence-electron chi connectivity index (χ0n) is 10.4. The summed E-state index contributed by atoms with van der Waals surface area (Å²) in [7, 11) is 0. The van der Waals surface area contributed by atoms with Gasteiger partial charge in [0.05, 0.1) is 11.9 Å². The molecule has 1 saturated heterocycles. The first-order valence-corrected chi connectivity index (χ1v) is 6.45. The minimum absolute atomic E-state index is 0.783. The van der Waals surface area contributed by atoms with Gasteiger partial charge < -0.3 is 10.6 Å². The molecule has 3 rings (SSSR count). The second-order valence-electron chi connectivity index (χ2n) is 5.15. The van der Waals surface area contributed by atoms with E-state index in [2.05, 4.69) is 20.9 Å². The molecule has 0 radical (unpaired) electrons. The molecule has 2 heterocycles. The average molecular weight is 232 g/mol. The molecule has 2 aliphatic rings. The first kappa shape index (κ1) is 10.8. The second kappa shape index (κ2) is 4.18. The Hall–Kier alpha value is -1.29. The van der Waals surface area contributed by atoms with Crippen molar-refractivity contribution in [3.63, 3.8) is 0 Å². The number of anilines is 2. The predicted molar refractivity (Wildman–Crippen MR) is 70.2 cm³/mol. The molecule has 17 heavy (non-hydrogen) atoms. The van der Waals surface area contributed by atoms with E-state index in [4.69, 9.17) is 5.73 Å². The number of aryl methyl sites for hydroxylation is 1. The summed E-state index contributed by atoms with van der Waals surface area (Å²) < 4.78 is 0. The van der Waals surface area contributed by atoms with Crippen molar-refractivity contribution in [1.82, 2.24) is 9.88 Å². The smallest absolute Gasteiger partial charge is 0.128 e. The number of hydrogen-bond donors (Lipinski definition) is 1. The summed E-state index contributed by atoms with van der Waals surface area (Å²) in [6.45, 7) is 6.58. The minimum Gasteiger partial charge on any atom is -0.397 e. The van der Waals surface area contributed by atoms with Gasteiger partial charge >= 0.3 is 0 Å². The van der Waals surface area contributed by atoms with Gasteiger partial charge in [-0.2, -0.15) is 0 Å². The number of piperazine rings is 1. The average Bonchev–Trinajstić information content (AvgIpc) is 3.17. The Bertz CT molecular complexity index is 406. The minimum atomic E-state index is 0.783. The van der Waals surface area contributed by atoms with E-state index in [-0.39, 0.29) is 0 Å². The molecular weight excluding hydrogens is 212 g/mol. The summed E-state index contributed by atoms with van der Waals surface area (Å²) in [6, 6.07) is 2.99. The lowest BCUT2D eigenvalue weighted by Crippen LogP contribution is -2.47. The zero-order valence-corrected chi connectivity index (χ0v) is 10.4. The monoisotopic (exact) mass is 232 g/mol. The van der Waals surface area contributed by atoms with Gasteiger partial charge in [0.15, 0.2) is 0 Å². The van der Waals surface area contributed by atoms with Gasteiger partial charge in [0.25, 0.3) is 0 Å². The molecule has 0 aromatic carbocycles. The molecule has 92 valence electrons. The van der Waals surface area contributed by atoms with Gasteiger partial charge in [-0.25, -0.2) is 4.98 Å². The Labute approximate surface area is 102 Å². The molecular formula is C13H20N4. The molecule has 1 aliphatic heterocycles. The molecule has 1 saturated carbocycles. The topological polar surface area (TPSA) is 45.4 Å². The third-order valence-electron chi connectivity index (χ3n) is 3.84. The maximum atomic E-state index is 5.80. The zero-order chi connectivity index (χ0) is 11.8. The summed E-state index contributed by atoms with van der Waals surface area (Å²) in [5, 5.41) is 0. The highest BCUT2D eigenvalue weighted by atomic mass is 15.3. The maximum absolute atomic E-state index is 5.80. The Morgan fingerprint density at radius 3 is 2.53 bits per heavy atom. The van der Waals surface area contributed by atoms with E-state index < -0.39 is 0 Å². The van der Waals surface area contributed by atoms with Gasteiger partial charge in [-0.05, 0) is 31.4 Å². The van der Waals surface area contributed by atoms with Crippen LogP contribution in [0.5, 0.6) is 0 Å². The number of nitrogens with zero attached hydrogens (tertiary/aromatic N) is 3. The van der Waals surface area contributed by atoms with Crippen LogP contribution in [0, 0.1) is 6.92 Å². The third kappa shape index (κ3) is 2.22. The highest BCUT2D eigenvalue weighted by Gasteiger charge is 2.31. The molecule has 2 fully saturated rings. The molecule has 2 N–H and O–H groups in total. The number of rotatable bonds is 2. The van der Waals surface area contributed by atoms with Gasteiger partial charge in [-0.3, -0.25) is 4.90 Å². The van der Waals surface area contributed by atoms with E-state index in [0.717, 1.165) is 36.2 Å². The molecule has 0 spiro atoms. The van der Waals surface area contributed by atoms with Crippen LogP contribution in [-0.4, -0.2) is 42.1 Å². The fourth-order valence-corrected chi connectivity index (χ4v) is 2.48. The van der Waals surface area contributed by atoms with Crippen LogP contribution < -0.4 is 10.6 Å². The summed E-state index contributed by atoms with van der Waals surface area (Å²) >= 11 is 0. The number of pyridine rings is 1. The van der Waals surface area contributed by atoms with Gasteiger partial charge in [0.1, 0.15) is 5.82 Å². The van der Waals surface area contributed by atoms with Crippen LogP contribution in [0.1, 0.15) is 18.4 Å². The van der Waals surface area contributed by atoms with Gasteiger partial charge in [-0.1, -0.05) is 0 Å². The normalized spacial score (nSPS) is 21.8. The van der Waals surface area contributed by atoms with E-state index in [1.807, 2.05) is 6.92 Å². The number of hydrogen-bond acceptors (Lipinski definition) is 4. The van der Waals surface area contributed by atoms with Crippen molar-refractivity contribution in [1.29, 1.82) is 0 Å². The molecule has 0 bridgehead atoms. The van der Waals surface area contributed by atoms with Crippen molar-refractivity contribution < 1.29 is 0 Å². The fraction of sp³-hybridized carbons (Fsp3) is 0.615. The van der Waals surface area contributed by atoms with E-state index in [1.165, 1.54) is 25.9 Å². The third-order valence-corrected chi connectivity index (χ3v) is 3.84. The van der Waals surface area contributed by atoms with Crippen molar-refractivity contribution in [3.8, 4) is 0 Å². The summed E-state index contributed by atoms with van der Waals surface area (Å²) in [5.41, 5.74) is 7.71. The summed E-state index contributed by atoms with van der Waals surface area (Å²) in [5.74, 6) is 1.08. The molecule has 1 aromatic heterocycles. The van der Waals surface area contributed by atoms with E-state index in [1.54, 1.807) is 6.20 Å². The number of aromatic nitrogens is 1. The van der Waals surface area contributed by atoms with Crippen LogP contribution in [0.25, 0.3) is 0 Å². The van der Waals surface area contributed by atoms with Gasteiger partial charge in [0, 0.05) is 32.2 Å². The van der Waals surface area contributed by atoms with Crippen LogP contribution in [0.3, 0.4) is 0 Å². The first-order valence-electron chi connectivity index (χ1n) is 6.45. The Morgan fingerprint density at radius 1 is 1.24 bits per heavy atom. The van der Waals surface area contributed by atoms with Gasteiger partial charge in [-0.15, -0.1) is 0 Å². The van der Waals surface area contributed by atoms with Crippen molar-refractivity contribution in [2.75, 3.05) is 36.8 Å². The Kier molecular flexibility index (Phi) is 2.67. The van der Waals surface area contributed by atoms with Crippen LogP contribution in [0.4, 0.5) is 11.5 Å². The Balaban J connectivity index is 1.66. The van der Waals surface area contributed by atoms with Crippen molar-refractivity contribution in [2.24, 2.45) is 0 Å². The van der Waals surface area contributed by atoms with Crippen LogP contribution in [0.2, 0.25) is 0 Å². The number of nitrogen functional groups attached to an aromatic ring is 1. The fourth-order valence-electron chi connectivity index (χ4n) is 2.48. The molecule has 1 aromatic rings. The highest BCUT2D eigenvalue weighted by Crippen LogP contribution is 2.28. The van der Waals surface area contributed by atoms with Crippen molar-refractivity contribution in [3.05, 3.63) is 17.8 Å². The molecule has 4 nitrogen and oxygen atoms in total. The predicted octanol–water partition coefficient (Wildman–Crippen LogP) is 1.26. The SMILES string of the molecule is Cc1cc(N2CCN(C3CC3)CC2)ncc1N. The van der Waals surface area contributed by atoms with Crippen molar-refractivity contribution >= 4 is 11.5 Å². The first-order chi connectivity index (χ1) is 8.24. The largest absolute Gasteiger partial charge is 0.397 e. The lowest BCUT2D eigenvalue weighted by atomic mass is 10.2. The lowest BCUT2D eigenvalue weighted by Gasteiger charge is -2.35. The van der Waals surface area contributed by atoms with Crippen LogP contribution in [-0.2, 0) is 0 Å². The quantitative estimate of drug-likeness (QED) is 0.833. The van der Waals surface area contributed by atoms with Gasteiger partial charge in [0.2, 0.25) is 0 Å². The van der Waals surface area contributed by atoms with Crippen LogP contribution in [0.15, 0.2) is 12.3 Å². The number of nitrogens with two attached hydrogens (primary N) is 1. The van der Waals surface area contributed by atoms with Crippen molar-refractivity contribution in [2.45, 2.75) is 25.8 Å². The second-order valence-corrected chi connectivity index (χ2v) is 5.15. The molecule has 4 heteroatoms. The summed E-state index contributed by atoms with van der Waals surface area (Å²) in [6.07, 6.45) is 4.58. The standard InChI is InChI=1S/C13H20N4/c1-10-8-13(15-9-12(10)14)17-6-4-16(5-7-17)11-2-3-11/h8-9,11H,2-7,14H2,1H3. The highest BCUT2D eigenvalue weighted by molar-refractivity contribution is 5.52.